The van der Waals surface area contributed by atoms with Crippen LogP contribution in [-0.4, -0.2) is 69.9 Å². The van der Waals surface area contributed by atoms with Crippen LogP contribution in [0.2, 0.25) is 0 Å². The number of halogens is 1. The van der Waals surface area contributed by atoms with Crippen LogP contribution in [0.4, 0.5) is 10.1 Å². The summed E-state index contributed by atoms with van der Waals surface area (Å²) >= 11 is 0. The van der Waals surface area contributed by atoms with Gasteiger partial charge in [0, 0.05) is 39.3 Å². The third-order valence-electron chi connectivity index (χ3n) is 4.93. The largest absolute Gasteiger partial charge is 0.379 e. The molecule has 158 valence electrons. The molecule has 1 heterocycles. The summed E-state index contributed by atoms with van der Waals surface area (Å²) in [6.45, 7) is 14.6. The molecule has 0 amide bonds. The summed E-state index contributed by atoms with van der Waals surface area (Å²) < 4.78 is 19.8. The minimum absolute atomic E-state index is 0.181. The summed E-state index contributed by atoms with van der Waals surface area (Å²) in [4.78, 5) is 9.05. The van der Waals surface area contributed by atoms with Gasteiger partial charge in [0.1, 0.15) is 5.82 Å². The summed E-state index contributed by atoms with van der Waals surface area (Å²) in [5, 5.41) is 6.63. The molecule has 0 atom stereocenters. The molecule has 1 fully saturated rings. The Kier molecular flexibility index (Phi) is 10.1. The maximum absolute atomic E-state index is 14.4. The minimum Gasteiger partial charge on any atom is -0.379 e. The predicted octanol–water partition coefficient (Wildman–Crippen LogP) is 2.45. The van der Waals surface area contributed by atoms with Crippen molar-refractivity contribution in [2.24, 2.45) is 4.99 Å². The van der Waals surface area contributed by atoms with E-state index in [2.05, 4.69) is 20.5 Å². The first kappa shape index (κ1) is 22.4. The Morgan fingerprint density at radius 3 is 2.57 bits per heavy atom. The van der Waals surface area contributed by atoms with Gasteiger partial charge in [-0.05, 0) is 51.4 Å². The highest BCUT2D eigenvalue weighted by Gasteiger charge is 2.10. The predicted molar refractivity (Wildman–Crippen MR) is 115 cm³/mol. The molecular weight excluding hydrogens is 357 g/mol. The van der Waals surface area contributed by atoms with Gasteiger partial charge in [-0.3, -0.25) is 4.90 Å². The summed E-state index contributed by atoms with van der Waals surface area (Å²) in [7, 11) is 0. The van der Waals surface area contributed by atoms with Crippen LogP contribution in [0, 0.1) is 5.82 Å². The summed E-state index contributed by atoms with van der Waals surface area (Å²) in [6.07, 6.45) is 1.05. The second-order valence-corrected chi connectivity index (χ2v) is 6.89. The molecule has 0 aromatic heterocycles. The van der Waals surface area contributed by atoms with E-state index in [1.807, 2.05) is 37.8 Å². The van der Waals surface area contributed by atoms with Crippen molar-refractivity contribution in [2.45, 2.75) is 33.7 Å². The van der Waals surface area contributed by atoms with Gasteiger partial charge >= 0.3 is 0 Å². The van der Waals surface area contributed by atoms with Crippen LogP contribution in [-0.2, 0) is 11.3 Å². The van der Waals surface area contributed by atoms with Crippen LogP contribution in [0.5, 0.6) is 0 Å². The number of morpholine rings is 1. The minimum atomic E-state index is -0.181. The number of anilines is 1. The van der Waals surface area contributed by atoms with Gasteiger partial charge in [-0.2, -0.15) is 0 Å². The third kappa shape index (κ3) is 7.28. The van der Waals surface area contributed by atoms with Crippen LogP contribution in [0.1, 0.15) is 32.8 Å². The van der Waals surface area contributed by atoms with Crippen LogP contribution in [0.25, 0.3) is 0 Å². The molecule has 28 heavy (non-hydrogen) atoms. The highest BCUT2D eigenvalue weighted by Crippen LogP contribution is 2.20. The Hall–Kier alpha value is -1.86. The average Bonchev–Trinajstić information content (AvgIpc) is 2.72. The van der Waals surface area contributed by atoms with E-state index < -0.39 is 0 Å². The van der Waals surface area contributed by atoms with Gasteiger partial charge in [0.25, 0.3) is 0 Å². The van der Waals surface area contributed by atoms with E-state index in [-0.39, 0.29) is 5.82 Å². The van der Waals surface area contributed by atoms with Crippen LogP contribution in [0.3, 0.4) is 0 Å². The summed E-state index contributed by atoms with van der Waals surface area (Å²) in [5.74, 6) is 0.595. The number of aliphatic imine (C=N–C) groups is 1. The van der Waals surface area contributed by atoms with Crippen molar-refractivity contribution in [1.29, 1.82) is 0 Å². The van der Waals surface area contributed by atoms with E-state index in [0.29, 0.717) is 12.2 Å². The van der Waals surface area contributed by atoms with Crippen molar-refractivity contribution in [3.05, 3.63) is 29.6 Å². The molecule has 0 unspecified atom stereocenters. The number of rotatable bonds is 10. The van der Waals surface area contributed by atoms with Crippen molar-refractivity contribution in [3.63, 3.8) is 0 Å². The van der Waals surface area contributed by atoms with Crippen LogP contribution in [0.15, 0.2) is 23.2 Å². The first-order chi connectivity index (χ1) is 13.7. The molecule has 0 bridgehead atoms. The normalized spacial score (nSPS) is 15.5. The monoisotopic (exact) mass is 393 g/mol. The lowest BCUT2D eigenvalue weighted by Gasteiger charge is -2.26. The van der Waals surface area contributed by atoms with Crippen molar-refractivity contribution in [3.8, 4) is 0 Å². The Morgan fingerprint density at radius 2 is 1.93 bits per heavy atom. The second kappa shape index (κ2) is 12.6. The molecule has 6 nitrogen and oxygen atoms in total. The quantitative estimate of drug-likeness (QED) is 0.363. The molecule has 1 aromatic carbocycles. The van der Waals surface area contributed by atoms with E-state index in [4.69, 9.17) is 4.74 Å². The van der Waals surface area contributed by atoms with Crippen molar-refractivity contribution < 1.29 is 9.13 Å². The number of guanidine groups is 1. The number of benzene rings is 1. The van der Waals surface area contributed by atoms with Crippen molar-refractivity contribution >= 4 is 11.6 Å². The van der Waals surface area contributed by atoms with Crippen molar-refractivity contribution in [1.82, 2.24) is 15.5 Å². The highest BCUT2D eigenvalue weighted by molar-refractivity contribution is 5.79. The zero-order chi connectivity index (χ0) is 20.2. The zero-order valence-electron chi connectivity index (χ0n) is 17.6. The van der Waals surface area contributed by atoms with E-state index in [1.165, 1.54) is 0 Å². The van der Waals surface area contributed by atoms with Gasteiger partial charge in [-0.1, -0.05) is 6.07 Å². The van der Waals surface area contributed by atoms with Gasteiger partial charge in [-0.15, -0.1) is 0 Å². The van der Waals surface area contributed by atoms with Gasteiger partial charge < -0.3 is 20.3 Å². The molecule has 1 aromatic rings. The fraction of sp³-hybridized carbons (Fsp3) is 0.667. The standard InChI is InChI=1S/C21H36FN5O/c1-4-23-21(24-10-7-11-26-12-14-28-15-13-26)25-17-18-8-9-20(19(22)16-18)27(5-2)6-3/h8-9,16H,4-7,10-15,17H2,1-3H3,(H2,23,24,25). The Balaban J connectivity index is 1.84. The average molecular weight is 394 g/mol. The van der Waals surface area contributed by atoms with Crippen LogP contribution < -0.4 is 15.5 Å². The van der Waals surface area contributed by atoms with Gasteiger partial charge in [-0.25, -0.2) is 9.38 Å². The molecule has 1 aliphatic rings. The SMILES string of the molecule is CCNC(=NCc1ccc(N(CC)CC)c(F)c1)NCCCN1CCOCC1. The number of nitrogens with zero attached hydrogens (tertiary/aromatic N) is 3. The number of ether oxygens (including phenoxy) is 1. The number of hydrogen-bond donors (Lipinski definition) is 2. The topological polar surface area (TPSA) is 52.1 Å². The van der Waals surface area contributed by atoms with E-state index in [1.54, 1.807) is 6.07 Å². The molecular formula is C21H36FN5O. The fourth-order valence-corrected chi connectivity index (χ4v) is 3.32. The molecule has 2 N–H and O–H groups in total. The molecule has 1 saturated heterocycles. The number of nitrogens with one attached hydrogen (secondary N) is 2. The van der Waals surface area contributed by atoms with E-state index in [9.17, 15) is 4.39 Å². The summed E-state index contributed by atoms with van der Waals surface area (Å²) in [6, 6.07) is 5.41. The number of hydrogen-bond acceptors (Lipinski definition) is 4. The third-order valence-corrected chi connectivity index (χ3v) is 4.93. The Morgan fingerprint density at radius 1 is 1.18 bits per heavy atom. The van der Waals surface area contributed by atoms with Crippen molar-refractivity contribution in [2.75, 3.05) is 63.9 Å². The maximum Gasteiger partial charge on any atom is 0.191 e. The maximum atomic E-state index is 14.4. The Labute approximate surface area is 169 Å². The Bertz CT molecular complexity index is 600. The molecule has 7 heteroatoms. The zero-order valence-corrected chi connectivity index (χ0v) is 17.6. The van der Waals surface area contributed by atoms with Gasteiger partial charge in [0.15, 0.2) is 5.96 Å². The molecule has 1 aliphatic heterocycles. The highest BCUT2D eigenvalue weighted by atomic mass is 19.1. The molecule has 0 spiro atoms. The first-order valence-electron chi connectivity index (χ1n) is 10.5. The molecule has 0 radical (unpaired) electrons. The molecule has 0 aliphatic carbocycles. The molecule has 2 rings (SSSR count). The fourth-order valence-electron chi connectivity index (χ4n) is 3.32. The van der Waals surface area contributed by atoms with E-state index in [0.717, 1.165) is 77.0 Å². The summed E-state index contributed by atoms with van der Waals surface area (Å²) in [5.41, 5.74) is 1.53. The van der Waals surface area contributed by atoms with E-state index >= 15 is 0 Å². The molecule has 0 saturated carbocycles. The lowest BCUT2D eigenvalue weighted by Crippen LogP contribution is -2.40. The van der Waals surface area contributed by atoms with Gasteiger partial charge in [0.2, 0.25) is 0 Å². The first-order valence-corrected chi connectivity index (χ1v) is 10.5. The van der Waals surface area contributed by atoms with Gasteiger partial charge in [0.05, 0.1) is 25.4 Å². The smallest absolute Gasteiger partial charge is 0.191 e. The lowest BCUT2D eigenvalue weighted by molar-refractivity contribution is 0.0376. The lowest BCUT2D eigenvalue weighted by atomic mass is 10.2. The van der Waals surface area contributed by atoms with Crippen LogP contribution >= 0.6 is 0 Å². The second-order valence-electron chi connectivity index (χ2n) is 6.89.